The molecule has 1 amide bonds. The van der Waals surface area contributed by atoms with E-state index in [-0.39, 0.29) is 11.5 Å². The number of pyridine rings is 1. The molecule has 2 N–H and O–H groups in total. The summed E-state index contributed by atoms with van der Waals surface area (Å²) in [5, 5.41) is 1.36. The second kappa shape index (κ2) is 8.45. The minimum Gasteiger partial charge on any atom is -0.364 e. The Balaban J connectivity index is 2.30. The lowest BCUT2D eigenvalue weighted by atomic mass is 10.0. The van der Waals surface area contributed by atoms with E-state index in [9.17, 15) is 9.59 Å². The van der Waals surface area contributed by atoms with Gasteiger partial charge in [-0.3, -0.25) is 9.59 Å². The van der Waals surface area contributed by atoms with Crippen LogP contribution in [0.4, 0.5) is 0 Å². The molecule has 28 heavy (non-hydrogen) atoms. The number of carbonyl (C=O) groups excluding carboxylic acids is 2. The molecular weight excluding hydrogens is 442 g/mol. The van der Waals surface area contributed by atoms with Crippen molar-refractivity contribution >= 4 is 50.3 Å². The van der Waals surface area contributed by atoms with Crippen LogP contribution >= 0.6 is 27.5 Å². The summed E-state index contributed by atoms with van der Waals surface area (Å²) in [5.41, 5.74) is 8.68. The second-order valence-electron chi connectivity index (χ2n) is 6.60. The van der Waals surface area contributed by atoms with E-state index in [1.807, 2.05) is 29.7 Å². The lowest BCUT2D eigenvalue weighted by Gasteiger charge is -2.13. The van der Waals surface area contributed by atoms with E-state index < -0.39 is 5.91 Å². The topological polar surface area (TPSA) is 78.0 Å². The molecular formula is C21H21BrClN3O2. The van der Waals surface area contributed by atoms with Crippen LogP contribution in [0.2, 0.25) is 5.02 Å². The van der Waals surface area contributed by atoms with Crippen LogP contribution in [0.3, 0.4) is 0 Å². The number of ketones is 1. The van der Waals surface area contributed by atoms with Crippen molar-refractivity contribution < 1.29 is 9.59 Å². The molecule has 7 heteroatoms. The van der Waals surface area contributed by atoms with Crippen molar-refractivity contribution in [1.29, 1.82) is 0 Å². The SMILES string of the molecule is CCCc1c(C(=O)CC)c2ccc(C(N)=O)nc2n1Cc1ccc(Br)cc1Cl. The average Bonchev–Trinajstić information content (AvgIpc) is 2.96. The molecule has 0 unspecified atom stereocenters. The maximum atomic E-state index is 12.8. The van der Waals surface area contributed by atoms with Crippen LogP contribution in [0, 0.1) is 0 Å². The van der Waals surface area contributed by atoms with Crippen molar-refractivity contribution in [1.82, 2.24) is 9.55 Å². The number of hydrogen-bond donors (Lipinski definition) is 1. The summed E-state index contributed by atoms with van der Waals surface area (Å²) in [6.45, 7) is 4.36. The van der Waals surface area contributed by atoms with Crippen LogP contribution < -0.4 is 5.73 Å². The lowest BCUT2D eigenvalue weighted by Crippen LogP contribution is -2.14. The van der Waals surface area contributed by atoms with E-state index in [0.29, 0.717) is 29.2 Å². The number of benzene rings is 1. The number of halogens is 2. The second-order valence-corrected chi connectivity index (χ2v) is 7.93. The quantitative estimate of drug-likeness (QED) is 0.494. The van der Waals surface area contributed by atoms with Crippen molar-refractivity contribution in [3.8, 4) is 0 Å². The van der Waals surface area contributed by atoms with Gasteiger partial charge in [-0.1, -0.05) is 53.9 Å². The van der Waals surface area contributed by atoms with Gasteiger partial charge in [0.15, 0.2) is 5.78 Å². The van der Waals surface area contributed by atoms with Gasteiger partial charge in [-0.05, 0) is 36.2 Å². The minimum atomic E-state index is -0.600. The standard InChI is InChI=1S/C21H21BrClN3O2/c1-3-5-17-19(18(27)4-2)14-8-9-16(20(24)28)25-21(14)26(17)11-12-6-7-13(22)10-15(12)23/h6-10H,3-5,11H2,1-2H3,(H2,24,28). The third-order valence-electron chi connectivity index (χ3n) is 4.70. The first kappa shape index (κ1) is 20.6. The molecule has 0 aliphatic carbocycles. The predicted octanol–water partition coefficient (Wildman–Crippen LogP) is 5.14. The number of hydrogen-bond acceptors (Lipinski definition) is 3. The largest absolute Gasteiger partial charge is 0.364 e. The summed E-state index contributed by atoms with van der Waals surface area (Å²) in [7, 11) is 0. The third-order valence-corrected chi connectivity index (χ3v) is 5.54. The summed E-state index contributed by atoms with van der Waals surface area (Å²) in [6, 6.07) is 9.04. The van der Waals surface area contributed by atoms with Crippen molar-refractivity contribution in [2.45, 2.75) is 39.7 Å². The highest BCUT2D eigenvalue weighted by Gasteiger charge is 2.23. The van der Waals surface area contributed by atoms with Gasteiger partial charge in [0.1, 0.15) is 11.3 Å². The van der Waals surface area contributed by atoms with Crippen molar-refractivity contribution in [2.24, 2.45) is 5.73 Å². The normalized spacial score (nSPS) is 11.1. The zero-order chi connectivity index (χ0) is 20.4. The van der Waals surface area contributed by atoms with Gasteiger partial charge in [-0.15, -0.1) is 0 Å². The fraction of sp³-hybridized carbons (Fsp3) is 0.286. The van der Waals surface area contributed by atoms with Gasteiger partial charge < -0.3 is 10.3 Å². The van der Waals surface area contributed by atoms with Gasteiger partial charge >= 0.3 is 0 Å². The summed E-state index contributed by atoms with van der Waals surface area (Å²) in [5.74, 6) is -0.542. The number of fused-ring (bicyclic) bond motifs is 1. The van der Waals surface area contributed by atoms with Crippen LogP contribution in [0.25, 0.3) is 11.0 Å². The Morgan fingerprint density at radius 2 is 1.96 bits per heavy atom. The maximum absolute atomic E-state index is 12.8. The first-order valence-electron chi connectivity index (χ1n) is 9.16. The van der Waals surface area contributed by atoms with Crippen molar-refractivity contribution in [3.05, 3.63) is 62.3 Å². The molecule has 0 fully saturated rings. The minimum absolute atomic E-state index is 0.0581. The third kappa shape index (κ3) is 3.84. The van der Waals surface area contributed by atoms with E-state index >= 15 is 0 Å². The Kier molecular flexibility index (Phi) is 6.20. The highest BCUT2D eigenvalue weighted by Crippen LogP contribution is 2.30. The number of nitrogens with two attached hydrogens (primary N) is 1. The van der Waals surface area contributed by atoms with Crippen LogP contribution in [0.5, 0.6) is 0 Å². The monoisotopic (exact) mass is 461 g/mol. The first-order chi connectivity index (χ1) is 13.4. The molecule has 0 atom stereocenters. The molecule has 3 aromatic rings. The highest BCUT2D eigenvalue weighted by molar-refractivity contribution is 9.10. The fourth-order valence-corrected chi connectivity index (χ4v) is 4.11. The zero-order valence-corrected chi connectivity index (χ0v) is 18.1. The van der Waals surface area contributed by atoms with Crippen LogP contribution in [0.1, 0.15) is 58.8 Å². The molecule has 2 heterocycles. The van der Waals surface area contributed by atoms with Gasteiger partial charge in [0.25, 0.3) is 5.91 Å². The lowest BCUT2D eigenvalue weighted by molar-refractivity contribution is 0.0983. The number of aromatic nitrogens is 2. The van der Waals surface area contributed by atoms with E-state index in [1.165, 1.54) is 0 Å². The summed E-state index contributed by atoms with van der Waals surface area (Å²) >= 11 is 9.85. The van der Waals surface area contributed by atoms with Gasteiger partial charge in [0.05, 0.1) is 6.54 Å². The number of carbonyl (C=O) groups is 2. The molecule has 0 saturated heterocycles. The molecule has 0 saturated carbocycles. The number of Topliss-reactive ketones (excluding diaryl/α,β-unsaturated/α-hetero) is 1. The Hall–Kier alpha value is -2.18. The molecule has 0 spiro atoms. The van der Waals surface area contributed by atoms with Crippen molar-refractivity contribution in [3.63, 3.8) is 0 Å². The summed E-state index contributed by atoms with van der Waals surface area (Å²) in [6.07, 6.45) is 1.99. The summed E-state index contributed by atoms with van der Waals surface area (Å²) in [4.78, 5) is 28.9. The van der Waals surface area contributed by atoms with Gasteiger partial charge in [-0.2, -0.15) is 0 Å². The molecule has 146 valence electrons. The fourth-order valence-electron chi connectivity index (χ4n) is 3.38. The van der Waals surface area contributed by atoms with E-state index in [2.05, 4.69) is 27.8 Å². The van der Waals surface area contributed by atoms with Gasteiger partial charge in [0.2, 0.25) is 0 Å². The molecule has 0 bridgehead atoms. The smallest absolute Gasteiger partial charge is 0.267 e. The average molecular weight is 463 g/mol. The van der Waals surface area contributed by atoms with Gasteiger partial charge in [0, 0.05) is 32.6 Å². The van der Waals surface area contributed by atoms with Crippen LogP contribution in [-0.2, 0) is 13.0 Å². The Morgan fingerprint density at radius 3 is 2.57 bits per heavy atom. The van der Waals surface area contributed by atoms with E-state index in [1.54, 1.807) is 12.1 Å². The number of primary amides is 1. The summed E-state index contributed by atoms with van der Waals surface area (Å²) < 4.78 is 2.88. The van der Waals surface area contributed by atoms with Crippen LogP contribution in [0.15, 0.2) is 34.8 Å². The first-order valence-corrected chi connectivity index (χ1v) is 10.3. The van der Waals surface area contributed by atoms with Gasteiger partial charge in [-0.25, -0.2) is 4.98 Å². The Morgan fingerprint density at radius 1 is 1.21 bits per heavy atom. The number of rotatable bonds is 7. The maximum Gasteiger partial charge on any atom is 0.267 e. The molecule has 0 aliphatic heterocycles. The Bertz CT molecular complexity index is 1080. The van der Waals surface area contributed by atoms with Crippen molar-refractivity contribution in [2.75, 3.05) is 0 Å². The van der Waals surface area contributed by atoms with E-state index in [0.717, 1.165) is 34.0 Å². The predicted molar refractivity (Wildman–Crippen MR) is 115 cm³/mol. The molecule has 0 radical (unpaired) electrons. The number of amides is 1. The van der Waals surface area contributed by atoms with Crippen LogP contribution in [-0.4, -0.2) is 21.2 Å². The molecule has 3 rings (SSSR count). The molecule has 2 aromatic heterocycles. The number of nitrogens with zero attached hydrogens (tertiary/aromatic N) is 2. The van der Waals surface area contributed by atoms with E-state index in [4.69, 9.17) is 17.3 Å². The molecule has 5 nitrogen and oxygen atoms in total. The molecule has 0 aliphatic rings. The highest BCUT2D eigenvalue weighted by atomic mass is 79.9. The Labute approximate surface area is 177 Å². The zero-order valence-electron chi connectivity index (χ0n) is 15.8. The molecule has 1 aromatic carbocycles.